The first-order valence-electron chi connectivity index (χ1n) is 6.88. The zero-order valence-corrected chi connectivity index (χ0v) is 12.5. The van der Waals surface area contributed by atoms with Crippen LogP contribution in [0.1, 0.15) is 23.2 Å². The maximum atomic E-state index is 12.7. The van der Waals surface area contributed by atoms with Crippen LogP contribution < -0.4 is 10.2 Å². The second-order valence-corrected chi connectivity index (χ2v) is 6.21. The molecule has 4 nitrogen and oxygen atoms in total. The number of halogens is 1. The normalized spacial score (nSPS) is 21.8. The molecule has 2 aromatic rings. The number of rotatable bonds is 1. The van der Waals surface area contributed by atoms with E-state index in [1.165, 1.54) is 0 Å². The second-order valence-electron chi connectivity index (χ2n) is 5.35. The number of carbonyl (C=O) groups excluding carboxylic acids is 1. The van der Waals surface area contributed by atoms with E-state index >= 15 is 0 Å². The first-order valence-corrected chi connectivity index (χ1v) is 7.67. The van der Waals surface area contributed by atoms with Crippen LogP contribution in [0, 0.1) is 0 Å². The molecule has 4 rings (SSSR count). The smallest absolute Gasteiger partial charge is 0.259 e. The Morgan fingerprint density at radius 3 is 3.05 bits per heavy atom. The molecule has 1 atom stereocenters. The molecule has 1 aromatic carbocycles. The summed E-state index contributed by atoms with van der Waals surface area (Å²) in [5.74, 6) is 0.110. The van der Waals surface area contributed by atoms with Crippen LogP contribution in [0.2, 0.25) is 0 Å². The molecule has 1 N–H and O–H groups in total. The topological polar surface area (TPSA) is 45.2 Å². The Balaban J connectivity index is 1.91. The van der Waals surface area contributed by atoms with Crippen molar-refractivity contribution in [3.05, 3.63) is 34.6 Å². The summed E-state index contributed by atoms with van der Waals surface area (Å²) < 4.78 is 0.988. The number of anilines is 1. The van der Waals surface area contributed by atoms with E-state index in [0.29, 0.717) is 0 Å². The van der Waals surface area contributed by atoms with Crippen LogP contribution in [0.15, 0.2) is 29.0 Å². The van der Waals surface area contributed by atoms with Crippen molar-refractivity contribution in [2.24, 2.45) is 0 Å². The van der Waals surface area contributed by atoms with Crippen molar-refractivity contribution in [2.45, 2.75) is 18.9 Å². The van der Waals surface area contributed by atoms with E-state index in [1.807, 2.05) is 29.4 Å². The molecule has 102 valence electrons. The molecule has 0 spiro atoms. The number of carbonyl (C=O) groups is 1. The molecule has 3 heterocycles. The van der Waals surface area contributed by atoms with Crippen LogP contribution in [0.25, 0.3) is 10.8 Å². The lowest BCUT2D eigenvalue weighted by atomic mass is 10.1. The van der Waals surface area contributed by atoms with Crippen molar-refractivity contribution in [1.29, 1.82) is 0 Å². The Morgan fingerprint density at radius 1 is 1.35 bits per heavy atom. The lowest BCUT2D eigenvalue weighted by Crippen LogP contribution is -2.47. The Hall–Kier alpha value is -1.46. The van der Waals surface area contributed by atoms with Crippen molar-refractivity contribution in [3.8, 4) is 0 Å². The number of aromatic nitrogens is 1. The molecule has 0 saturated carbocycles. The van der Waals surface area contributed by atoms with E-state index < -0.39 is 0 Å². The molecule has 5 heteroatoms. The van der Waals surface area contributed by atoms with Crippen LogP contribution in [0.5, 0.6) is 0 Å². The van der Waals surface area contributed by atoms with Crippen LogP contribution in [-0.4, -0.2) is 30.0 Å². The van der Waals surface area contributed by atoms with Gasteiger partial charge in [0.15, 0.2) is 0 Å². The fourth-order valence-corrected chi connectivity index (χ4v) is 3.69. The van der Waals surface area contributed by atoms with Gasteiger partial charge in [-0.3, -0.25) is 9.78 Å². The highest BCUT2D eigenvalue weighted by molar-refractivity contribution is 9.10. The molecule has 0 bridgehead atoms. The van der Waals surface area contributed by atoms with Gasteiger partial charge in [-0.15, -0.1) is 0 Å². The van der Waals surface area contributed by atoms with Gasteiger partial charge in [0, 0.05) is 34.0 Å². The third-order valence-electron chi connectivity index (χ3n) is 4.19. The lowest BCUT2D eigenvalue weighted by molar-refractivity contribution is 0.0979. The summed E-state index contributed by atoms with van der Waals surface area (Å²) in [5, 5.41) is 5.42. The predicted octanol–water partition coefficient (Wildman–Crippen LogP) is 2.71. The van der Waals surface area contributed by atoms with Gasteiger partial charge in [-0.1, -0.05) is 15.9 Å². The van der Waals surface area contributed by atoms with E-state index in [0.717, 1.165) is 52.4 Å². The van der Waals surface area contributed by atoms with Gasteiger partial charge < -0.3 is 10.2 Å². The van der Waals surface area contributed by atoms with E-state index in [2.05, 4.69) is 26.2 Å². The van der Waals surface area contributed by atoms with Gasteiger partial charge in [0.2, 0.25) is 0 Å². The highest BCUT2D eigenvalue weighted by atomic mass is 79.9. The van der Waals surface area contributed by atoms with Crippen molar-refractivity contribution in [1.82, 2.24) is 10.3 Å². The van der Waals surface area contributed by atoms with Gasteiger partial charge in [0.05, 0.1) is 17.4 Å². The fourth-order valence-electron chi connectivity index (χ4n) is 3.26. The SMILES string of the molecule is O=C1c2ccc(Br)c3cncc(c23)N1C1CCCNC1. The first-order chi connectivity index (χ1) is 9.77. The monoisotopic (exact) mass is 331 g/mol. The summed E-state index contributed by atoms with van der Waals surface area (Å²) in [7, 11) is 0. The number of hydrogen-bond donors (Lipinski definition) is 1. The number of pyridine rings is 1. The zero-order valence-electron chi connectivity index (χ0n) is 10.9. The predicted molar refractivity (Wildman–Crippen MR) is 82.1 cm³/mol. The fraction of sp³-hybridized carbons (Fsp3) is 0.333. The van der Waals surface area contributed by atoms with Crippen LogP contribution >= 0.6 is 15.9 Å². The zero-order chi connectivity index (χ0) is 13.7. The van der Waals surface area contributed by atoms with E-state index in [9.17, 15) is 4.79 Å². The van der Waals surface area contributed by atoms with Crippen LogP contribution in [0.4, 0.5) is 5.69 Å². The molecule has 2 aliphatic heterocycles. The molecule has 1 unspecified atom stereocenters. The average Bonchev–Trinajstić information content (AvgIpc) is 2.77. The minimum Gasteiger partial charge on any atom is -0.315 e. The molecule has 20 heavy (non-hydrogen) atoms. The minimum atomic E-state index is 0.110. The van der Waals surface area contributed by atoms with Crippen molar-refractivity contribution in [2.75, 3.05) is 18.0 Å². The molecule has 1 fully saturated rings. The molecule has 1 aromatic heterocycles. The average molecular weight is 332 g/mol. The number of benzene rings is 1. The van der Waals surface area contributed by atoms with Gasteiger partial charge in [-0.25, -0.2) is 0 Å². The highest BCUT2D eigenvalue weighted by Gasteiger charge is 2.35. The third-order valence-corrected chi connectivity index (χ3v) is 4.89. The summed E-state index contributed by atoms with van der Waals surface area (Å²) in [4.78, 5) is 19.0. The molecular weight excluding hydrogens is 318 g/mol. The largest absolute Gasteiger partial charge is 0.315 e. The number of hydrogen-bond acceptors (Lipinski definition) is 3. The minimum absolute atomic E-state index is 0.110. The second kappa shape index (κ2) is 4.53. The maximum absolute atomic E-state index is 12.7. The van der Waals surface area contributed by atoms with E-state index in [-0.39, 0.29) is 11.9 Å². The van der Waals surface area contributed by atoms with Crippen LogP contribution in [0.3, 0.4) is 0 Å². The summed E-state index contributed by atoms with van der Waals surface area (Å²) in [5.41, 5.74) is 1.75. The van der Waals surface area contributed by atoms with E-state index in [1.54, 1.807) is 0 Å². The van der Waals surface area contributed by atoms with Gasteiger partial charge >= 0.3 is 0 Å². The highest BCUT2D eigenvalue weighted by Crippen LogP contribution is 2.41. The number of piperidine rings is 1. The van der Waals surface area contributed by atoms with Crippen molar-refractivity contribution >= 4 is 38.3 Å². The quantitative estimate of drug-likeness (QED) is 0.873. The molecule has 1 amide bonds. The summed E-state index contributed by atoms with van der Waals surface area (Å²) >= 11 is 3.55. The molecular formula is C15H14BrN3O. The lowest BCUT2D eigenvalue weighted by Gasteiger charge is -2.32. The maximum Gasteiger partial charge on any atom is 0.259 e. The third kappa shape index (κ3) is 1.63. The van der Waals surface area contributed by atoms with Crippen molar-refractivity contribution in [3.63, 3.8) is 0 Å². The number of nitrogens with zero attached hydrogens (tertiary/aromatic N) is 2. The molecule has 0 radical (unpaired) electrons. The number of nitrogens with one attached hydrogen (secondary N) is 1. The van der Waals surface area contributed by atoms with E-state index in [4.69, 9.17) is 0 Å². The van der Waals surface area contributed by atoms with Gasteiger partial charge in [0.25, 0.3) is 5.91 Å². The van der Waals surface area contributed by atoms with Crippen LogP contribution in [-0.2, 0) is 0 Å². The van der Waals surface area contributed by atoms with Gasteiger partial charge in [-0.05, 0) is 31.5 Å². The number of amides is 1. The summed E-state index contributed by atoms with van der Waals surface area (Å²) in [6.45, 7) is 1.90. The summed E-state index contributed by atoms with van der Waals surface area (Å²) in [6, 6.07) is 4.08. The molecule has 1 saturated heterocycles. The standard InChI is InChI=1S/C15H14BrN3O/c16-12-4-3-10-14-11(12)7-18-8-13(14)19(15(10)20)9-2-1-5-17-6-9/h3-4,7-9,17H,1-2,5-6H2. The Kier molecular flexibility index (Phi) is 2.79. The Bertz CT molecular complexity index is 710. The molecule has 0 aliphatic carbocycles. The summed E-state index contributed by atoms with van der Waals surface area (Å²) in [6.07, 6.45) is 5.79. The van der Waals surface area contributed by atoms with Gasteiger partial charge in [-0.2, -0.15) is 0 Å². The molecule has 2 aliphatic rings. The Morgan fingerprint density at radius 2 is 2.25 bits per heavy atom. The van der Waals surface area contributed by atoms with Crippen molar-refractivity contribution < 1.29 is 4.79 Å². The first kappa shape index (κ1) is 12.3. The Labute approximate surface area is 125 Å². The van der Waals surface area contributed by atoms with Gasteiger partial charge in [0.1, 0.15) is 0 Å².